The minimum Gasteiger partial charge on any atom is -0.341 e. The van der Waals surface area contributed by atoms with E-state index in [9.17, 15) is 4.79 Å². The number of carbonyl (C=O) groups is 1. The number of aromatic nitrogens is 2. The highest BCUT2D eigenvalue weighted by Crippen LogP contribution is 2.22. The van der Waals surface area contributed by atoms with Crippen LogP contribution in [0, 0.1) is 31.1 Å². The number of likely N-dealkylation sites (N-methyl/N-ethyl adjacent to an activating group) is 1. The normalized spacial score (nSPS) is 20.6. The predicted octanol–water partition coefficient (Wildman–Crippen LogP) is 1.75. The summed E-state index contributed by atoms with van der Waals surface area (Å²) in [5.74, 6) is 0.746. The number of likely N-dealkylation sites (tertiary alicyclic amines) is 1. The summed E-state index contributed by atoms with van der Waals surface area (Å²) < 4.78 is 1.89. The Labute approximate surface area is 145 Å². The molecule has 6 heteroatoms. The standard InChI is InChI=1S/C18H29N5O/c1-13-11-22(12-17(13)21(4)5)18(24)8-7-16-14(2)20-23(15(16)3)10-6-9-19/h13,17H,6-8,10-12H2,1-5H3/t13-,17+/m1/s1. The van der Waals surface area contributed by atoms with Crippen LogP contribution in [0.4, 0.5) is 0 Å². The molecule has 6 nitrogen and oxygen atoms in total. The van der Waals surface area contributed by atoms with Crippen molar-refractivity contribution >= 4 is 5.91 Å². The lowest BCUT2D eigenvalue weighted by Crippen LogP contribution is -2.35. The first kappa shape index (κ1) is 18.5. The van der Waals surface area contributed by atoms with E-state index in [1.165, 1.54) is 0 Å². The highest BCUT2D eigenvalue weighted by molar-refractivity contribution is 5.77. The van der Waals surface area contributed by atoms with Gasteiger partial charge in [-0.25, -0.2) is 0 Å². The van der Waals surface area contributed by atoms with Gasteiger partial charge in [0.05, 0.1) is 24.7 Å². The Morgan fingerprint density at radius 2 is 2.08 bits per heavy atom. The number of hydrogen-bond acceptors (Lipinski definition) is 4. The molecule has 0 unspecified atom stereocenters. The van der Waals surface area contributed by atoms with Gasteiger partial charge in [0, 0.05) is 31.2 Å². The maximum Gasteiger partial charge on any atom is 0.222 e. The first-order chi connectivity index (χ1) is 11.3. The van der Waals surface area contributed by atoms with Crippen LogP contribution < -0.4 is 0 Å². The molecule has 1 aliphatic rings. The van der Waals surface area contributed by atoms with E-state index >= 15 is 0 Å². The number of amides is 1. The highest BCUT2D eigenvalue weighted by atomic mass is 16.2. The van der Waals surface area contributed by atoms with Gasteiger partial charge in [0.15, 0.2) is 0 Å². The van der Waals surface area contributed by atoms with Crippen molar-refractivity contribution in [3.8, 4) is 6.07 Å². The fourth-order valence-electron chi connectivity index (χ4n) is 3.68. The molecule has 0 saturated carbocycles. The van der Waals surface area contributed by atoms with E-state index in [1.54, 1.807) is 0 Å². The summed E-state index contributed by atoms with van der Waals surface area (Å²) in [7, 11) is 4.16. The molecule has 0 radical (unpaired) electrons. The monoisotopic (exact) mass is 331 g/mol. The van der Waals surface area contributed by atoms with E-state index in [-0.39, 0.29) is 5.91 Å². The fourth-order valence-corrected chi connectivity index (χ4v) is 3.68. The van der Waals surface area contributed by atoms with Crippen molar-refractivity contribution in [3.63, 3.8) is 0 Å². The second kappa shape index (κ2) is 7.80. The average Bonchev–Trinajstić information content (AvgIpc) is 3.04. The molecule has 1 aromatic heterocycles. The third kappa shape index (κ3) is 3.96. The van der Waals surface area contributed by atoms with E-state index in [2.05, 4.69) is 37.1 Å². The molecule has 2 heterocycles. The van der Waals surface area contributed by atoms with Crippen molar-refractivity contribution in [1.82, 2.24) is 19.6 Å². The van der Waals surface area contributed by atoms with Gasteiger partial charge in [-0.05, 0) is 45.8 Å². The van der Waals surface area contributed by atoms with Crippen molar-refractivity contribution in [3.05, 3.63) is 17.0 Å². The molecule has 132 valence electrons. The van der Waals surface area contributed by atoms with Crippen LogP contribution in [-0.4, -0.2) is 58.7 Å². The van der Waals surface area contributed by atoms with E-state index in [0.717, 1.165) is 36.5 Å². The number of aryl methyl sites for hydroxylation is 2. The van der Waals surface area contributed by atoms with Crippen molar-refractivity contribution in [2.75, 3.05) is 27.2 Å². The predicted molar refractivity (Wildman–Crippen MR) is 93.5 cm³/mol. The third-order valence-electron chi connectivity index (χ3n) is 5.14. The summed E-state index contributed by atoms with van der Waals surface area (Å²) >= 11 is 0. The number of rotatable bonds is 6. The van der Waals surface area contributed by atoms with Gasteiger partial charge in [-0.2, -0.15) is 10.4 Å². The molecule has 1 aromatic rings. The molecule has 1 aliphatic heterocycles. The molecule has 0 aromatic carbocycles. The molecule has 1 amide bonds. The van der Waals surface area contributed by atoms with Crippen LogP contribution in [0.5, 0.6) is 0 Å². The van der Waals surface area contributed by atoms with Gasteiger partial charge < -0.3 is 9.80 Å². The Hall–Kier alpha value is -1.87. The van der Waals surface area contributed by atoms with Gasteiger partial charge in [0.25, 0.3) is 0 Å². The molecule has 24 heavy (non-hydrogen) atoms. The van der Waals surface area contributed by atoms with Crippen LogP contribution in [0.3, 0.4) is 0 Å². The quantitative estimate of drug-likeness (QED) is 0.797. The van der Waals surface area contributed by atoms with Crippen LogP contribution in [-0.2, 0) is 17.8 Å². The van der Waals surface area contributed by atoms with Crippen molar-refractivity contribution in [1.29, 1.82) is 5.26 Å². The lowest BCUT2D eigenvalue weighted by molar-refractivity contribution is -0.130. The van der Waals surface area contributed by atoms with Gasteiger partial charge in [0.1, 0.15) is 0 Å². The maximum atomic E-state index is 12.6. The van der Waals surface area contributed by atoms with E-state index < -0.39 is 0 Å². The Kier molecular flexibility index (Phi) is 6.00. The van der Waals surface area contributed by atoms with Crippen molar-refractivity contribution in [2.24, 2.45) is 5.92 Å². The molecule has 0 aliphatic carbocycles. The minimum absolute atomic E-state index is 0.231. The minimum atomic E-state index is 0.231. The second-order valence-electron chi connectivity index (χ2n) is 7.09. The first-order valence-electron chi connectivity index (χ1n) is 8.69. The number of nitriles is 1. The Morgan fingerprint density at radius 3 is 2.67 bits per heavy atom. The largest absolute Gasteiger partial charge is 0.341 e. The fraction of sp³-hybridized carbons (Fsp3) is 0.722. The molecule has 0 bridgehead atoms. The van der Waals surface area contributed by atoms with Gasteiger partial charge in [0.2, 0.25) is 5.91 Å². The smallest absolute Gasteiger partial charge is 0.222 e. The SMILES string of the molecule is Cc1nn(CCC#N)c(C)c1CCC(=O)N1C[C@@H](C)[C@@H](N(C)C)C1. The lowest BCUT2D eigenvalue weighted by Gasteiger charge is -2.22. The number of nitrogens with zero attached hydrogens (tertiary/aromatic N) is 5. The van der Waals surface area contributed by atoms with Crippen LogP contribution in [0.2, 0.25) is 0 Å². The van der Waals surface area contributed by atoms with Gasteiger partial charge in [-0.15, -0.1) is 0 Å². The molecular formula is C18H29N5O. The molecule has 1 saturated heterocycles. The summed E-state index contributed by atoms with van der Waals surface area (Å²) in [6.45, 7) is 8.51. The Balaban J connectivity index is 1.95. The lowest BCUT2D eigenvalue weighted by atomic mass is 10.1. The summed E-state index contributed by atoms with van der Waals surface area (Å²) in [6, 6.07) is 2.60. The zero-order valence-electron chi connectivity index (χ0n) is 15.5. The zero-order valence-corrected chi connectivity index (χ0v) is 15.5. The summed E-state index contributed by atoms with van der Waals surface area (Å²) in [5, 5.41) is 13.2. The van der Waals surface area contributed by atoms with Crippen molar-refractivity contribution < 1.29 is 4.79 Å². The highest BCUT2D eigenvalue weighted by Gasteiger charge is 2.33. The average molecular weight is 331 g/mol. The third-order valence-corrected chi connectivity index (χ3v) is 5.14. The van der Waals surface area contributed by atoms with Crippen LogP contribution in [0.1, 0.15) is 36.7 Å². The summed E-state index contributed by atoms with van der Waals surface area (Å²) in [6.07, 6.45) is 1.71. The van der Waals surface area contributed by atoms with Gasteiger partial charge in [-0.3, -0.25) is 9.48 Å². The molecular weight excluding hydrogens is 302 g/mol. The van der Waals surface area contributed by atoms with E-state index in [0.29, 0.717) is 31.3 Å². The molecule has 0 spiro atoms. The van der Waals surface area contributed by atoms with Gasteiger partial charge in [-0.1, -0.05) is 6.92 Å². The second-order valence-corrected chi connectivity index (χ2v) is 7.09. The van der Waals surface area contributed by atoms with Crippen LogP contribution in [0.25, 0.3) is 0 Å². The molecule has 0 N–H and O–H groups in total. The Bertz CT molecular complexity index is 628. The van der Waals surface area contributed by atoms with Crippen molar-refractivity contribution in [2.45, 2.75) is 52.6 Å². The van der Waals surface area contributed by atoms with E-state index in [1.807, 2.05) is 23.4 Å². The summed E-state index contributed by atoms with van der Waals surface area (Å²) in [5.41, 5.74) is 3.20. The Morgan fingerprint density at radius 1 is 1.38 bits per heavy atom. The number of carbonyl (C=O) groups excluding carboxylic acids is 1. The van der Waals surface area contributed by atoms with E-state index in [4.69, 9.17) is 5.26 Å². The van der Waals surface area contributed by atoms with Crippen LogP contribution >= 0.6 is 0 Å². The molecule has 1 fully saturated rings. The first-order valence-corrected chi connectivity index (χ1v) is 8.69. The van der Waals surface area contributed by atoms with Crippen LogP contribution in [0.15, 0.2) is 0 Å². The topological polar surface area (TPSA) is 65.2 Å². The molecule has 2 atom stereocenters. The zero-order chi connectivity index (χ0) is 17.9. The molecule has 2 rings (SSSR count). The maximum absolute atomic E-state index is 12.6. The van der Waals surface area contributed by atoms with Gasteiger partial charge >= 0.3 is 0 Å². The summed E-state index contributed by atoms with van der Waals surface area (Å²) in [4.78, 5) is 16.8. The number of hydrogen-bond donors (Lipinski definition) is 0.